The van der Waals surface area contributed by atoms with Gasteiger partial charge in [-0.15, -0.1) is 0 Å². The minimum absolute atomic E-state index is 0.121. The zero-order valence-electron chi connectivity index (χ0n) is 11.8. The minimum atomic E-state index is -1.06. The van der Waals surface area contributed by atoms with E-state index < -0.39 is 5.97 Å². The molecule has 22 heavy (non-hydrogen) atoms. The fraction of sp³-hybridized carbons (Fsp3) is 0.0588. The van der Waals surface area contributed by atoms with Crippen molar-refractivity contribution in [1.82, 2.24) is 9.78 Å². The summed E-state index contributed by atoms with van der Waals surface area (Å²) in [7, 11) is 0. The van der Waals surface area contributed by atoms with Crippen molar-refractivity contribution in [2.24, 2.45) is 0 Å². The second kappa shape index (κ2) is 5.44. The van der Waals surface area contributed by atoms with Crippen LogP contribution in [0.25, 0.3) is 16.9 Å². The lowest BCUT2D eigenvalue weighted by molar-refractivity contribution is 0.0697. The Kier molecular flexibility index (Phi) is 3.47. The molecule has 0 bridgehead atoms. The molecule has 5 heteroatoms. The van der Waals surface area contributed by atoms with Crippen molar-refractivity contribution in [3.8, 4) is 16.9 Å². The average Bonchev–Trinajstić information content (AvgIpc) is 2.86. The highest BCUT2D eigenvalue weighted by Gasteiger charge is 2.22. The van der Waals surface area contributed by atoms with E-state index in [0.29, 0.717) is 17.0 Å². The van der Waals surface area contributed by atoms with Gasteiger partial charge in [0.15, 0.2) is 0 Å². The Balaban J connectivity index is 2.22. The van der Waals surface area contributed by atoms with Gasteiger partial charge in [0.2, 0.25) is 0 Å². The summed E-state index contributed by atoms with van der Waals surface area (Å²) >= 11 is 0. The molecule has 0 aliphatic rings. The first kappa shape index (κ1) is 14.0. The zero-order valence-corrected chi connectivity index (χ0v) is 11.8. The van der Waals surface area contributed by atoms with Crippen LogP contribution in [0.15, 0.2) is 54.6 Å². The predicted octanol–water partition coefficient (Wildman–Crippen LogP) is 3.69. The van der Waals surface area contributed by atoms with Crippen LogP contribution in [0.3, 0.4) is 0 Å². The topological polar surface area (TPSA) is 55.1 Å². The maximum atomic E-state index is 13.1. The van der Waals surface area contributed by atoms with Gasteiger partial charge in [0.05, 0.1) is 11.4 Å². The summed E-state index contributed by atoms with van der Waals surface area (Å²) in [6.07, 6.45) is 0. The van der Waals surface area contributed by atoms with E-state index in [-0.39, 0.29) is 11.4 Å². The van der Waals surface area contributed by atoms with Crippen LogP contribution in [-0.4, -0.2) is 20.9 Å². The number of aromatic nitrogens is 2. The molecular formula is C17H13FN2O2. The molecule has 4 nitrogen and oxygen atoms in total. The Labute approximate surface area is 126 Å². The second-order valence-corrected chi connectivity index (χ2v) is 4.87. The van der Waals surface area contributed by atoms with Gasteiger partial charge in [-0.05, 0) is 43.3 Å². The molecule has 0 unspecified atom stereocenters. The maximum absolute atomic E-state index is 13.1. The number of rotatable bonds is 3. The highest BCUT2D eigenvalue weighted by Crippen LogP contribution is 2.27. The summed E-state index contributed by atoms with van der Waals surface area (Å²) in [6, 6.07) is 14.9. The van der Waals surface area contributed by atoms with Gasteiger partial charge in [-0.1, -0.05) is 18.2 Å². The third-order valence-corrected chi connectivity index (χ3v) is 3.45. The van der Waals surface area contributed by atoms with Gasteiger partial charge in [-0.25, -0.2) is 13.9 Å². The summed E-state index contributed by atoms with van der Waals surface area (Å²) in [4.78, 5) is 11.6. The van der Waals surface area contributed by atoms with Crippen molar-refractivity contribution < 1.29 is 14.3 Å². The Hall–Kier alpha value is -2.95. The van der Waals surface area contributed by atoms with Gasteiger partial charge in [-0.2, -0.15) is 5.10 Å². The van der Waals surface area contributed by atoms with Crippen molar-refractivity contribution in [3.05, 3.63) is 71.7 Å². The van der Waals surface area contributed by atoms with E-state index in [1.165, 1.54) is 24.3 Å². The van der Waals surface area contributed by atoms with Gasteiger partial charge in [0.25, 0.3) is 0 Å². The summed E-state index contributed by atoms with van der Waals surface area (Å²) in [6.45, 7) is 1.70. The zero-order chi connectivity index (χ0) is 15.7. The molecule has 0 atom stereocenters. The van der Waals surface area contributed by atoms with Crippen molar-refractivity contribution in [3.63, 3.8) is 0 Å². The van der Waals surface area contributed by atoms with Crippen LogP contribution in [0.2, 0.25) is 0 Å². The molecule has 0 saturated heterocycles. The second-order valence-electron chi connectivity index (χ2n) is 4.87. The van der Waals surface area contributed by atoms with Gasteiger partial charge in [-0.3, -0.25) is 0 Å². The molecule has 110 valence electrons. The monoisotopic (exact) mass is 296 g/mol. The van der Waals surface area contributed by atoms with Gasteiger partial charge < -0.3 is 5.11 Å². The van der Waals surface area contributed by atoms with Gasteiger partial charge in [0.1, 0.15) is 17.1 Å². The Bertz CT molecular complexity index is 824. The summed E-state index contributed by atoms with van der Waals surface area (Å²) in [5.41, 5.74) is 2.31. The lowest BCUT2D eigenvalue weighted by Gasteiger charge is -2.03. The van der Waals surface area contributed by atoms with Crippen molar-refractivity contribution >= 4 is 5.97 Å². The number of nitrogens with zero attached hydrogens (tertiary/aromatic N) is 2. The Morgan fingerprint density at radius 3 is 2.32 bits per heavy atom. The van der Waals surface area contributed by atoms with Crippen LogP contribution in [-0.2, 0) is 0 Å². The van der Waals surface area contributed by atoms with E-state index in [1.807, 2.05) is 30.3 Å². The van der Waals surface area contributed by atoms with E-state index in [0.717, 1.165) is 5.69 Å². The number of carboxylic acids is 1. The normalized spacial score (nSPS) is 10.6. The first-order chi connectivity index (χ1) is 10.6. The van der Waals surface area contributed by atoms with Crippen LogP contribution in [0.1, 0.15) is 16.1 Å². The standard InChI is InChI=1S/C17H13FN2O2/c1-11-15(17(21)22)16(12-7-9-13(18)10-8-12)19-20(11)14-5-3-2-4-6-14/h2-10H,1H3,(H,21,22). The number of carboxylic acid groups (broad SMARTS) is 1. The van der Waals surface area contributed by atoms with E-state index in [2.05, 4.69) is 5.10 Å². The largest absolute Gasteiger partial charge is 0.478 e. The highest BCUT2D eigenvalue weighted by atomic mass is 19.1. The molecule has 1 aromatic heterocycles. The summed E-state index contributed by atoms with van der Waals surface area (Å²) in [5, 5.41) is 13.9. The van der Waals surface area contributed by atoms with Crippen molar-refractivity contribution in [2.75, 3.05) is 0 Å². The molecule has 0 fully saturated rings. The van der Waals surface area contributed by atoms with Gasteiger partial charge in [0, 0.05) is 5.56 Å². The Morgan fingerprint density at radius 2 is 1.73 bits per heavy atom. The molecular weight excluding hydrogens is 283 g/mol. The summed E-state index contributed by atoms with van der Waals surface area (Å²) < 4.78 is 14.7. The smallest absolute Gasteiger partial charge is 0.339 e. The number of hydrogen-bond acceptors (Lipinski definition) is 2. The minimum Gasteiger partial charge on any atom is -0.478 e. The third kappa shape index (κ3) is 2.37. The molecule has 0 aliphatic heterocycles. The molecule has 0 saturated carbocycles. The molecule has 1 N–H and O–H groups in total. The summed E-state index contributed by atoms with van der Waals surface area (Å²) in [5.74, 6) is -1.43. The molecule has 3 rings (SSSR count). The van der Waals surface area contributed by atoms with Crippen LogP contribution < -0.4 is 0 Å². The number of benzene rings is 2. The number of carbonyl (C=O) groups is 1. The molecule has 1 heterocycles. The van der Waals surface area contributed by atoms with Crippen LogP contribution in [0, 0.1) is 12.7 Å². The van der Waals surface area contributed by atoms with E-state index in [9.17, 15) is 14.3 Å². The fourth-order valence-corrected chi connectivity index (χ4v) is 2.39. The highest BCUT2D eigenvalue weighted by molar-refractivity contribution is 5.96. The van der Waals surface area contributed by atoms with Crippen molar-refractivity contribution in [2.45, 2.75) is 6.92 Å². The molecule has 0 aliphatic carbocycles. The van der Waals surface area contributed by atoms with E-state index in [4.69, 9.17) is 0 Å². The quantitative estimate of drug-likeness (QED) is 0.802. The number of hydrogen-bond donors (Lipinski definition) is 1. The van der Waals surface area contributed by atoms with Crippen molar-refractivity contribution in [1.29, 1.82) is 0 Å². The first-order valence-corrected chi connectivity index (χ1v) is 6.72. The van der Waals surface area contributed by atoms with E-state index >= 15 is 0 Å². The van der Waals surface area contributed by atoms with Crippen LogP contribution in [0.4, 0.5) is 4.39 Å². The SMILES string of the molecule is Cc1c(C(=O)O)c(-c2ccc(F)cc2)nn1-c1ccccc1. The lowest BCUT2D eigenvalue weighted by atomic mass is 10.1. The average molecular weight is 296 g/mol. The van der Waals surface area contributed by atoms with Gasteiger partial charge >= 0.3 is 5.97 Å². The Morgan fingerprint density at radius 1 is 1.09 bits per heavy atom. The third-order valence-electron chi connectivity index (χ3n) is 3.45. The molecule has 3 aromatic rings. The molecule has 2 aromatic carbocycles. The van der Waals surface area contributed by atoms with Crippen LogP contribution >= 0.6 is 0 Å². The first-order valence-electron chi connectivity index (χ1n) is 6.72. The van der Waals surface area contributed by atoms with E-state index in [1.54, 1.807) is 11.6 Å². The number of para-hydroxylation sites is 1. The van der Waals surface area contributed by atoms with Crippen LogP contribution in [0.5, 0.6) is 0 Å². The fourth-order valence-electron chi connectivity index (χ4n) is 2.39. The molecule has 0 spiro atoms. The predicted molar refractivity (Wildman–Crippen MR) is 80.7 cm³/mol. The number of aromatic carboxylic acids is 1. The lowest BCUT2D eigenvalue weighted by Crippen LogP contribution is -2.02. The molecule has 0 radical (unpaired) electrons. The maximum Gasteiger partial charge on any atom is 0.339 e. The number of halogens is 1. The molecule has 0 amide bonds.